The van der Waals surface area contributed by atoms with Gasteiger partial charge in [-0.25, -0.2) is 19.7 Å². The highest BCUT2D eigenvalue weighted by Gasteiger charge is 2.41. The lowest BCUT2D eigenvalue weighted by Crippen LogP contribution is -2.30. The summed E-state index contributed by atoms with van der Waals surface area (Å²) in [4.78, 5) is 119. The van der Waals surface area contributed by atoms with Gasteiger partial charge in [0.15, 0.2) is 0 Å². The molecule has 0 spiro atoms. The van der Waals surface area contributed by atoms with E-state index in [1.165, 1.54) is 67.7 Å². The summed E-state index contributed by atoms with van der Waals surface area (Å²) in [5, 5.41) is 0. The van der Waals surface area contributed by atoms with E-state index in [0.717, 1.165) is 41.8 Å². The van der Waals surface area contributed by atoms with E-state index in [0.29, 0.717) is 22.6 Å². The Morgan fingerprint density at radius 1 is 0.397 bits per heavy atom. The number of nitrogens with one attached hydrogen (secondary N) is 1. The van der Waals surface area contributed by atoms with Gasteiger partial charge in [-0.3, -0.25) is 43.3 Å². The van der Waals surface area contributed by atoms with Gasteiger partial charge in [0.1, 0.15) is 17.3 Å². The van der Waals surface area contributed by atoms with Gasteiger partial charge in [-0.05, 0) is 145 Å². The third-order valence-corrected chi connectivity index (χ3v) is 12.7. The second-order valence-corrected chi connectivity index (χ2v) is 16.7. The number of aromatic amines is 1. The van der Waals surface area contributed by atoms with Gasteiger partial charge in [-0.2, -0.15) is 0 Å². The minimum absolute atomic E-state index is 0.0684. The van der Waals surface area contributed by atoms with Crippen molar-refractivity contribution in [3.8, 4) is 34.0 Å². The van der Waals surface area contributed by atoms with Gasteiger partial charge >= 0.3 is 0 Å². The average Bonchev–Trinajstić information content (AvgIpc) is 4.08. The molecule has 5 heterocycles. The number of fused-ring (bicyclic) bond motifs is 5. The van der Waals surface area contributed by atoms with Crippen molar-refractivity contribution in [2.75, 3.05) is 21.7 Å². The van der Waals surface area contributed by atoms with E-state index in [-0.39, 0.29) is 67.4 Å². The largest absolute Gasteiger partial charge is 0.457 e. The Morgan fingerprint density at radius 3 is 1.28 bits per heavy atom. The number of carbonyl (C=O) groups excluding carboxylic acids is 8. The summed E-state index contributed by atoms with van der Waals surface area (Å²) in [6, 6.07) is 37.3. The SMILES string of the molecule is Cc1ccc2[nH]c(-c3ccc(N4C(=O)c5ccc(Oc6ccc7c(c6)C(=O)N(c6ccc(N8C(=O)c9ccc(-c%10ccc%11c(c%10)C(=O)N(C)C%11=O)cc9C8=O)cc6)C7=O)cc5C4=O)cc3)nc2c1. The lowest BCUT2D eigenvalue weighted by molar-refractivity contribution is 0.0690. The van der Waals surface area contributed by atoms with E-state index in [2.05, 4.69) is 9.97 Å². The summed E-state index contributed by atoms with van der Waals surface area (Å²) < 4.78 is 6.09. The Hall–Kier alpha value is -9.63. The molecule has 7 aromatic carbocycles. The number of hydrogen-bond donors (Lipinski definition) is 1. The number of benzene rings is 7. The van der Waals surface area contributed by atoms with Crippen molar-refractivity contribution in [3.63, 3.8) is 0 Å². The van der Waals surface area contributed by atoms with Crippen molar-refractivity contribution >= 4 is 75.4 Å². The van der Waals surface area contributed by atoms with Crippen LogP contribution in [-0.4, -0.2) is 69.2 Å². The van der Waals surface area contributed by atoms with Crippen LogP contribution in [0.5, 0.6) is 11.5 Å². The minimum Gasteiger partial charge on any atom is -0.457 e. The molecule has 0 unspecified atom stereocenters. The highest BCUT2D eigenvalue weighted by Crippen LogP contribution is 2.38. The first-order valence-corrected chi connectivity index (χ1v) is 21.2. The van der Waals surface area contributed by atoms with Crippen LogP contribution >= 0.6 is 0 Å². The molecule has 0 saturated carbocycles. The fourth-order valence-corrected chi connectivity index (χ4v) is 9.14. The van der Waals surface area contributed by atoms with Crippen LogP contribution < -0.4 is 19.4 Å². The maximum Gasteiger partial charge on any atom is 0.266 e. The molecule has 68 heavy (non-hydrogen) atoms. The molecule has 4 aliphatic rings. The molecule has 0 radical (unpaired) electrons. The zero-order valence-corrected chi connectivity index (χ0v) is 35.7. The molecule has 0 saturated heterocycles. The van der Waals surface area contributed by atoms with Gasteiger partial charge in [0.2, 0.25) is 0 Å². The van der Waals surface area contributed by atoms with Gasteiger partial charge in [0.05, 0.1) is 72.6 Å². The van der Waals surface area contributed by atoms with Crippen LogP contribution in [0.4, 0.5) is 17.1 Å². The molecule has 0 bridgehead atoms. The van der Waals surface area contributed by atoms with Gasteiger partial charge < -0.3 is 9.72 Å². The number of H-pyrrole nitrogens is 1. The molecule has 15 nitrogen and oxygen atoms in total. The molecule has 1 N–H and O–H groups in total. The minimum atomic E-state index is -0.632. The van der Waals surface area contributed by atoms with Crippen LogP contribution in [0, 0.1) is 6.92 Å². The van der Waals surface area contributed by atoms with Crippen LogP contribution in [0.2, 0.25) is 0 Å². The maximum atomic E-state index is 13.8. The van der Waals surface area contributed by atoms with Crippen LogP contribution in [0.1, 0.15) is 88.4 Å². The van der Waals surface area contributed by atoms with Crippen LogP contribution in [0.25, 0.3) is 33.5 Å². The third-order valence-electron chi connectivity index (χ3n) is 12.7. The molecule has 15 heteroatoms. The van der Waals surface area contributed by atoms with Gasteiger partial charge in [-0.15, -0.1) is 0 Å². The topological polar surface area (TPSA) is 187 Å². The first-order valence-electron chi connectivity index (χ1n) is 21.2. The molecule has 4 aliphatic heterocycles. The Morgan fingerprint density at radius 2 is 0.779 bits per heavy atom. The molecule has 12 rings (SSSR count). The van der Waals surface area contributed by atoms with E-state index in [9.17, 15) is 38.4 Å². The molecule has 8 amide bonds. The van der Waals surface area contributed by atoms with Crippen molar-refractivity contribution in [2.45, 2.75) is 6.92 Å². The van der Waals surface area contributed by atoms with E-state index in [1.807, 2.05) is 25.1 Å². The number of anilines is 3. The van der Waals surface area contributed by atoms with E-state index in [1.54, 1.807) is 60.7 Å². The fraction of sp³-hybridized carbons (Fsp3) is 0.0377. The average molecular weight is 895 g/mol. The van der Waals surface area contributed by atoms with Crippen LogP contribution in [0.3, 0.4) is 0 Å². The van der Waals surface area contributed by atoms with Gasteiger partial charge in [0.25, 0.3) is 47.3 Å². The molecule has 8 aromatic rings. The summed E-state index contributed by atoms with van der Waals surface area (Å²) in [5.74, 6) is -3.14. The number of rotatable bonds is 7. The molecule has 1 aromatic heterocycles. The second-order valence-electron chi connectivity index (χ2n) is 16.7. The summed E-state index contributed by atoms with van der Waals surface area (Å²) in [5.41, 5.74) is 6.94. The zero-order valence-electron chi connectivity index (χ0n) is 35.7. The van der Waals surface area contributed by atoms with Crippen molar-refractivity contribution in [3.05, 3.63) is 190 Å². The van der Waals surface area contributed by atoms with Crippen molar-refractivity contribution in [1.29, 1.82) is 0 Å². The normalized spacial score (nSPS) is 15.0. The number of carbonyl (C=O) groups is 8. The molecule has 0 aliphatic carbocycles. The number of aromatic nitrogens is 2. The number of imidazole rings is 1. The number of amides is 8. The van der Waals surface area contributed by atoms with Crippen LogP contribution in [-0.2, 0) is 0 Å². The van der Waals surface area contributed by atoms with Crippen LogP contribution in [0.15, 0.2) is 140 Å². The first-order chi connectivity index (χ1) is 32.8. The zero-order chi connectivity index (χ0) is 46.9. The number of imide groups is 4. The second kappa shape index (κ2) is 14.4. The molecule has 326 valence electrons. The first kappa shape index (κ1) is 39.9. The Kier molecular flexibility index (Phi) is 8.48. The Bertz CT molecular complexity index is 3710. The molecular weight excluding hydrogens is 865 g/mol. The summed E-state index contributed by atoms with van der Waals surface area (Å²) in [7, 11) is 1.41. The summed E-state index contributed by atoms with van der Waals surface area (Å²) >= 11 is 0. The lowest BCUT2D eigenvalue weighted by atomic mass is 9.97. The summed E-state index contributed by atoms with van der Waals surface area (Å²) in [6.07, 6.45) is 0. The Balaban J connectivity index is 0.736. The maximum absolute atomic E-state index is 13.8. The van der Waals surface area contributed by atoms with Crippen molar-refractivity contribution in [1.82, 2.24) is 14.9 Å². The molecule has 0 atom stereocenters. The highest BCUT2D eigenvalue weighted by atomic mass is 16.5. The van der Waals surface area contributed by atoms with E-state index >= 15 is 0 Å². The summed E-state index contributed by atoms with van der Waals surface area (Å²) in [6.45, 7) is 2.00. The molecular formula is C53H30N6O9. The quantitative estimate of drug-likeness (QED) is 0.152. The van der Waals surface area contributed by atoms with Gasteiger partial charge in [0, 0.05) is 12.6 Å². The van der Waals surface area contributed by atoms with E-state index in [4.69, 9.17) is 4.74 Å². The predicted octanol–water partition coefficient (Wildman–Crippen LogP) is 8.63. The standard InChI is InChI=1S/C53H30N6O9/c1-26-3-20-43-44(21-26)55-45(54-43)27-4-8-30(9-5-27)57-49(63)37-18-14-33(24-41(37)52(57)66)68-34-15-19-38-42(25-34)53(67)59(50(38)64)32-12-10-31(11-13-32)58-48(62)36-17-7-29(23-40(36)51(58)65)28-6-16-35-39(22-28)47(61)56(2)46(35)60/h3-25H,1-2H3,(H,54,55). The number of ether oxygens (including phenoxy) is 1. The molecule has 0 fully saturated rings. The third kappa shape index (κ3) is 5.88. The van der Waals surface area contributed by atoms with Crippen molar-refractivity contribution < 1.29 is 43.1 Å². The number of nitrogens with zero attached hydrogens (tertiary/aromatic N) is 5. The van der Waals surface area contributed by atoms with E-state index < -0.39 is 47.3 Å². The fourth-order valence-electron chi connectivity index (χ4n) is 9.14. The smallest absolute Gasteiger partial charge is 0.266 e. The number of aryl methyl sites for hydroxylation is 1. The van der Waals surface area contributed by atoms with Crippen molar-refractivity contribution in [2.24, 2.45) is 0 Å². The highest BCUT2D eigenvalue weighted by molar-refractivity contribution is 6.37. The lowest BCUT2D eigenvalue weighted by Gasteiger charge is -2.17. The van der Waals surface area contributed by atoms with Gasteiger partial charge in [-0.1, -0.05) is 18.2 Å². The predicted molar refractivity (Wildman–Crippen MR) is 247 cm³/mol. The Labute approximate surface area is 384 Å². The number of hydrogen-bond acceptors (Lipinski definition) is 10. The monoisotopic (exact) mass is 894 g/mol.